The van der Waals surface area contributed by atoms with Crippen LogP contribution in [0.1, 0.15) is 16.7 Å². The zero-order chi connectivity index (χ0) is 12.7. The zero-order valence-corrected chi connectivity index (χ0v) is 13.7. The van der Waals surface area contributed by atoms with Gasteiger partial charge in [0.25, 0.3) is 0 Å². The Morgan fingerprint density at radius 3 is 2.42 bits per heavy atom. The van der Waals surface area contributed by atoms with Gasteiger partial charge in [-0.3, -0.25) is 0 Å². The van der Waals surface area contributed by atoms with E-state index in [2.05, 4.69) is 67.9 Å². The normalized spacial score (nSPS) is 10.5. The maximum atomic E-state index is 4.70. The summed E-state index contributed by atoms with van der Waals surface area (Å²) in [6.45, 7) is 6.34. The summed E-state index contributed by atoms with van der Waals surface area (Å²) in [5.74, 6) is 0. The second kappa shape index (κ2) is 5.33. The van der Waals surface area contributed by atoms with Gasteiger partial charge in [0.1, 0.15) is 5.65 Å². The van der Waals surface area contributed by atoms with Crippen molar-refractivity contribution in [2.24, 2.45) is 0 Å². The van der Waals surface area contributed by atoms with Crippen LogP contribution < -0.4 is 0 Å². The fourth-order valence-electron chi connectivity index (χ4n) is 2.31. The molecule has 0 saturated heterocycles. The fraction of sp³-hybridized carbons (Fsp3) is 0.188. The van der Waals surface area contributed by atoms with Crippen LogP contribution in [0.4, 0.5) is 0 Å². The third kappa shape index (κ3) is 2.66. The lowest BCUT2D eigenvalue weighted by molar-refractivity contribution is 1.17. The Morgan fingerprint density at radius 1 is 0.947 bits per heavy atom. The average Bonchev–Trinajstić information content (AvgIpc) is 2.71. The van der Waals surface area contributed by atoms with Gasteiger partial charge in [0.2, 0.25) is 0 Å². The van der Waals surface area contributed by atoms with E-state index >= 15 is 0 Å². The molecule has 2 nitrogen and oxygen atoms in total. The molecule has 0 saturated carbocycles. The van der Waals surface area contributed by atoms with Crippen molar-refractivity contribution >= 4 is 29.6 Å². The van der Waals surface area contributed by atoms with Crippen LogP contribution in [0.25, 0.3) is 16.9 Å². The first-order valence-electron chi connectivity index (χ1n) is 6.16. The summed E-state index contributed by atoms with van der Waals surface area (Å²) in [6, 6.07) is 10.7. The monoisotopic (exact) mass is 364 g/mol. The Balaban J connectivity index is 0.00000133. The molecule has 0 radical (unpaired) electrons. The molecular formula is C16H17IN2. The van der Waals surface area contributed by atoms with E-state index in [0.29, 0.717) is 0 Å². The first-order valence-corrected chi connectivity index (χ1v) is 6.16. The van der Waals surface area contributed by atoms with Crippen molar-refractivity contribution in [2.75, 3.05) is 0 Å². The number of benzene rings is 1. The van der Waals surface area contributed by atoms with Gasteiger partial charge in [-0.05, 0) is 44.0 Å². The van der Waals surface area contributed by atoms with Crippen LogP contribution in [0, 0.1) is 20.8 Å². The molecule has 98 valence electrons. The molecule has 3 heteroatoms. The predicted molar refractivity (Wildman–Crippen MR) is 90.3 cm³/mol. The molecule has 2 aromatic heterocycles. The molecule has 3 rings (SSSR count). The molecule has 0 fully saturated rings. The SMILES string of the molecule is Cc1ccc(-c2cn3ccc(C)cc3n2)c(C)c1.I. The Bertz CT molecular complexity index is 729. The fourth-order valence-corrected chi connectivity index (χ4v) is 2.31. The number of hydrogen-bond acceptors (Lipinski definition) is 1. The Hall–Kier alpha value is -1.36. The largest absolute Gasteiger partial charge is 0.306 e. The maximum absolute atomic E-state index is 4.70. The Kier molecular flexibility index (Phi) is 3.94. The number of nitrogens with zero attached hydrogens (tertiary/aromatic N) is 2. The molecule has 3 aromatic rings. The van der Waals surface area contributed by atoms with Crippen LogP contribution in [0.5, 0.6) is 0 Å². The van der Waals surface area contributed by atoms with Gasteiger partial charge in [-0.25, -0.2) is 4.98 Å². The number of aromatic nitrogens is 2. The molecule has 0 aliphatic carbocycles. The van der Waals surface area contributed by atoms with E-state index < -0.39 is 0 Å². The van der Waals surface area contributed by atoms with E-state index in [1.165, 1.54) is 22.3 Å². The van der Waals surface area contributed by atoms with E-state index in [1.54, 1.807) is 0 Å². The lowest BCUT2D eigenvalue weighted by Crippen LogP contribution is -1.84. The van der Waals surface area contributed by atoms with Crippen LogP contribution in [-0.2, 0) is 0 Å². The van der Waals surface area contributed by atoms with Crippen LogP contribution >= 0.6 is 24.0 Å². The van der Waals surface area contributed by atoms with Crippen molar-refractivity contribution in [2.45, 2.75) is 20.8 Å². The minimum absolute atomic E-state index is 0. The van der Waals surface area contributed by atoms with E-state index in [9.17, 15) is 0 Å². The van der Waals surface area contributed by atoms with E-state index in [1.807, 2.05) is 0 Å². The van der Waals surface area contributed by atoms with Crippen LogP contribution in [0.2, 0.25) is 0 Å². The van der Waals surface area contributed by atoms with Gasteiger partial charge in [-0.1, -0.05) is 23.8 Å². The van der Waals surface area contributed by atoms with Crippen LogP contribution in [0.3, 0.4) is 0 Å². The quantitative estimate of drug-likeness (QED) is 0.580. The second-order valence-corrected chi connectivity index (χ2v) is 4.91. The molecule has 0 atom stereocenters. The highest BCUT2D eigenvalue weighted by molar-refractivity contribution is 14.0. The van der Waals surface area contributed by atoms with E-state index in [-0.39, 0.29) is 24.0 Å². The van der Waals surface area contributed by atoms with Gasteiger partial charge in [0.15, 0.2) is 0 Å². The first-order chi connectivity index (χ1) is 8.63. The number of hydrogen-bond donors (Lipinski definition) is 0. The standard InChI is InChI=1S/C16H16N2.HI/c1-11-4-5-14(13(3)8-11)15-10-18-7-6-12(2)9-16(18)17-15;/h4-10H,1-3H3;1H. The van der Waals surface area contributed by atoms with Gasteiger partial charge >= 0.3 is 0 Å². The number of rotatable bonds is 1. The molecule has 2 heterocycles. The van der Waals surface area contributed by atoms with Gasteiger partial charge in [0, 0.05) is 18.0 Å². The molecule has 1 aromatic carbocycles. The lowest BCUT2D eigenvalue weighted by Gasteiger charge is -2.02. The van der Waals surface area contributed by atoms with E-state index in [4.69, 9.17) is 4.98 Å². The van der Waals surface area contributed by atoms with Gasteiger partial charge in [0.05, 0.1) is 5.69 Å². The molecule has 0 aliphatic rings. The third-order valence-electron chi connectivity index (χ3n) is 3.27. The van der Waals surface area contributed by atoms with Crippen molar-refractivity contribution in [3.8, 4) is 11.3 Å². The van der Waals surface area contributed by atoms with Gasteiger partial charge < -0.3 is 4.40 Å². The highest BCUT2D eigenvalue weighted by Crippen LogP contribution is 2.24. The summed E-state index contributed by atoms with van der Waals surface area (Å²) in [7, 11) is 0. The lowest BCUT2D eigenvalue weighted by atomic mass is 10.0. The highest BCUT2D eigenvalue weighted by atomic mass is 127. The van der Waals surface area contributed by atoms with Gasteiger partial charge in [-0.2, -0.15) is 0 Å². The Labute approximate surface area is 130 Å². The molecule has 0 unspecified atom stereocenters. The molecule has 0 spiro atoms. The maximum Gasteiger partial charge on any atom is 0.137 e. The summed E-state index contributed by atoms with van der Waals surface area (Å²) >= 11 is 0. The average molecular weight is 364 g/mol. The number of fused-ring (bicyclic) bond motifs is 1. The molecule has 0 N–H and O–H groups in total. The summed E-state index contributed by atoms with van der Waals surface area (Å²) in [5, 5.41) is 0. The minimum Gasteiger partial charge on any atom is -0.306 e. The summed E-state index contributed by atoms with van der Waals surface area (Å²) in [4.78, 5) is 4.70. The van der Waals surface area contributed by atoms with E-state index in [0.717, 1.165) is 11.3 Å². The number of pyridine rings is 1. The number of aryl methyl sites for hydroxylation is 3. The zero-order valence-electron chi connectivity index (χ0n) is 11.3. The summed E-state index contributed by atoms with van der Waals surface area (Å²) in [5.41, 5.74) is 7.05. The first kappa shape index (κ1) is 14.1. The summed E-state index contributed by atoms with van der Waals surface area (Å²) in [6.07, 6.45) is 4.15. The van der Waals surface area contributed by atoms with Crippen molar-refractivity contribution in [1.82, 2.24) is 9.38 Å². The topological polar surface area (TPSA) is 17.3 Å². The smallest absolute Gasteiger partial charge is 0.137 e. The van der Waals surface area contributed by atoms with Crippen molar-refractivity contribution in [1.29, 1.82) is 0 Å². The molecule has 0 amide bonds. The van der Waals surface area contributed by atoms with Crippen LogP contribution in [0.15, 0.2) is 42.7 Å². The third-order valence-corrected chi connectivity index (χ3v) is 3.27. The summed E-state index contributed by atoms with van der Waals surface area (Å²) < 4.78 is 2.07. The van der Waals surface area contributed by atoms with Crippen molar-refractivity contribution in [3.05, 3.63) is 59.4 Å². The van der Waals surface area contributed by atoms with Crippen molar-refractivity contribution < 1.29 is 0 Å². The minimum atomic E-state index is 0. The van der Waals surface area contributed by atoms with Crippen molar-refractivity contribution in [3.63, 3.8) is 0 Å². The molecular weight excluding hydrogens is 347 g/mol. The highest BCUT2D eigenvalue weighted by Gasteiger charge is 2.07. The number of halogens is 1. The number of imidazole rings is 1. The predicted octanol–water partition coefficient (Wildman–Crippen LogP) is 4.54. The molecule has 0 bridgehead atoms. The second-order valence-electron chi connectivity index (χ2n) is 4.91. The molecule has 0 aliphatic heterocycles. The van der Waals surface area contributed by atoms with Crippen LogP contribution in [-0.4, -0.2) is 9.38 Å². The molecule has 19 heavy (non-hydrogen) atoms. The van der Waals surface area contributed by atoms with Gasteiger partial charge in [-0.15, -0.1) is 24.0 Å². The Morgan fingerprint density at radius 2 is 1.68 bits per heavy atom.